The first-order valence-electron chi connectivity index (χ1n) is 4.19. The minimum Gasteiger partial charge on any atom is -0.478 e. The fraction of sp³-hybridized carbons (Fsp3) is 0.100. The van der Waals surface area contributed by atoms with E-state index in [9.17, 15) is 26.7 Å². The molecule has 1 aromatic carbocycles. The molecule has 17 heavy (non-hydrogen) atoms. The van der Waals surface area contributed by atoms with Crippen LogP contribution < -0.4 is 0 Å². The van der Waals surface area contributed by atoms with Crippen molar-refractivity contribution < 1.29 is 31.9 Å². The lowest BCUT2D eigenvalue weighted by atomic mass is 10.1. The Kier molecular flexibility index (Phi) is 3.50. The van der Waals surface area contributed by atoms with Crippen molar-refractivity contribution in [2.75, 3.05) is 0 Å². The van der Waals surface area contributed by atoms with E-state index in [1.54, 1.807) is 0 Å². The molecule has 0 radical (unpaired) electrons. The Hall–Kier alpha value is -1.92. The zero-order valence-electron chi connectivity index (χ0n) is 8.05. The summed E-state index contributed by atoms with van der Waals surface area (Å²) in [5, 5.41) is 8.26. The number of benzene rings is 1. The molecule has 0 fully saturated rings. The quantitative estimate of drug-likeness (QED) is 0.648. The lowest BCUT2D eigenvalue weighted by Crippen LogP contribution is -2.09. The van der Waals surface area contributed by atoms with Crippen molar-refractivity contribution in [1.29, 1.82) is 0 Å². The number of carbonyl (C=O) groups is 1. The summed E-state index contributed by atoms with van der Waals surface area (Å²) in [4.78, 5) is 10.1. The zero-order chi connectivity index (χ0) is 13.2. The third kappa shape index (κ3) is 3.27. The Labute approximate surface area is 92.0 Å². The smallest absolute Gasteiger partial charge is 0.417 e. The molecule has 0 saturated carbocycles. The van der Waals surface area contributed by atoms with Crippen LogP contribution in [0.3, 0.4) is 0 Å². The van der Waals surface area contributed by atoms with Crippen molar-refractivity contribution in [3.63, 3.8) is 0 Å². The highest BCUT2D eigenvalue weighted by Crippen LogP contribution is 2.33. The Morgan fingerprint density at radius 1 is 1.18 bits per heavy atom. The monoisotopic (exact) mass is 252 g/mol. The number of hydrogen-bond donors (Lipinski definition) is 1. The highest BCUT2D eigenvalue weighted by Gasteiger charge is 2.34. The predicted molar refractivity (Wildman–Crippen MR) is 48.0 cm³/mol. The van der Waals surface area contributed by atoms with Crippen molar-refractivity contribution in [2.24, 2.45) is 0 Å². The second kappa shape index (κ2) is 4.52. The minimum atomic E-state index is -4.90. The molecule has 0 spiro atoms. The lowest BCUT2D eigenvalue weighted by molar-refractivity contribution is -0.138. The highest BCUT2D eigenvalue weighted by atomic mass is 19.4. The molecule has 92 valence electrons. The fourth-order valence-corrected chi connectivity index (χ4v) is 1.11. The molecular formula is C10H5F5O2. The first kappa shape index (κ1) is 13.1. The van der Waals surface area contributed by atoms with Gasteiger partial charge in [0.25, 0.3) is 0 Å². The largest absolute Gasteiger partial charge is 0.478 e. The average molecular weight is 252 g/mol. The van der Waals surface area contributed by atoms with Crippen LogP contribution in [0.4, 0.5) is 22.0 Å². The van der Waals surface area contributed by atoms with Gasteiger partial charge in [-0.3, -0.25) is 0 Å². The maximum atomic E-state index is 12.7. The molecule has 1 aromatic rings. The Bertz CT molecular complexity index is 476. The first-order valence-corrected chi connectivity index (χ1v) is 4.19. The lowest BCUT2D eigenvalue weighted by Gasteiger charge is -2.10. The molecule has 0 unspecified atom stereocenters. The van der Waals surface area contributed by atoms with Crippen LogP contribution in [0.15, 0.2) is 18.2 Å². The van der Waals surface area contributed by atoms with Gasteiger partial charge in [-0.1, -0.05) is 0 Å². The summed E-state index contributed by atoms with van der Waals surface area (Å²) < 4.78 is 62.7. The average Bonchev–Trinajstić information content (AvgIpc) is 2.17. The number of alkyl halides is 3. The van der Waals surface area contributed by atoms with Crippen LogP contribution in [0.1, 0.15) is 11.1 Å². The number of carboxylic acid groups (broad SMARTS) is 1. The summed E-state index contributed by atoms with van der Waals surface area (Å²) in [5.41, 5.74) is -2.19. The summed E-state index contributed by atoms with van der Waals surface area (Å²) in [6, 6.07) is 0.272. The van der Waals surface area contributed by atoms with E-state index in [1.165, 1.54) is 0 Å². The summed E-state index contributed by atoms with van der Waals surface area (Å²) in [7, 11) is 0. The van der Waals surface area contributed by atoms with Gasteiger partial charge in [-0.05, 0) is 23.8 Å². The van der Waals surface area contributed by atoms with Crippen LogP contribution in [0, 0.1) is 11.6 Å². The maximum Gasteiger partial charge on any atom is 0.417 e. The second-order valence-corrected chi connectivity index (χ2v) is 3.02. The van der Waals surface area contributed by atoms with Crippen LogP contribution in [-0.2, 0) is 11.0 Å². The van der Waals surface area contributed by atoms with Gasteiger partial charge in [-0.25, -0.2) is 13.6 Å². The standard InChI is InChI=1S/C10H5F5O2/c11-7-3-5(1-2-9(16)17)6(4-8(7)12)10(13,14)15/h1-4H,(H,16,17)/b2-1+. The number of aliphatic carboxylic acids is 1. The summed E-state index contributed by atoms with van der Waals surface area (Å²) >= 11 is 0. The van der Waals surface area contributed by atoms with Crippen LogP contribution in [0.5, 0.6) is 0 Å². The topological polar surface area (TPSA) is 37.3 Å². The molecule has 1 rings (SSSR count). The predicted octanol–water partition coefficient (Wildman–Crippen LogP) is 3.08. The van der Waals surface area contributed by atoms with E-state index in [4.69, 9.17) is 5.11 Å². The van der Waals surface area contributed by atoms with Gasteiger partial charge in [0.15, 0.2) is 11.6 Å². The normalized spacial score (nSPS) is 12.1. The Morgan fingerprint density at radius 3 is 2.18 bits per heavy atom. The van der Waals surface area contributed by atoms with Crippen molar-refractivity contribution in [3.8, 4) is 0 Å². The Morgan fingerprint density at radius 2 is 1.71 bits per heavy atom. The molecule has 0 atom stereocenters. The molecule has 0 amide bonds. The third-order valence-corrected chi connectivity index (χ3v) is 1.80. The molecule has 0 aromatic heterocycles. The highest BCUT2D eigenvalue weighted by molar-refractivity contribution is 5.85. The van der Waals surface area contributed by atoms with Crippen molar-refractivity contribution in [2.45, 2.75) is 6.18 Å². The molecule has 0 heterocycles. The maximum absolute atomic E-state index is 12.7. The molecule has 2 nitrogen and oxygen atoms in total. The fourth-order valence-electron chi connectivity index (χ4n) is 1.11. The van der Waals surface area contributed by atoms with E-state index in [-0.39, 0.29) is 12.1 Å². The molecule has 1 N–H and O–H groups in total. The first-order chi connectivity index (χ1) is 7.71. The van der Waals surface area contributed by atoms with Crippen LogP contribution >= 0.6 is 0 Å². The van der Waals surface area contributed by atoms with E-state index in [0.717, 1.165) is 0 Å². The van der Waals surface area contributed by atoms with E-state index in [0.29, 0.717) is 12.2 Å². The van der Waals surface area contributed by atoms with Gasteiger partial charge in [0.2, 0.25) is 0 Å². The minimum absolute atomic E-state index is 0.0170. The van der Waals surface area contributed by atoms with Gasteiger partial charge < -0.3 is 5.11 Å². The van der Waals surface area contributed by atoms with Crippen molar-refractivity contribution in [3.05, 3.63) is 41.0 Å². The molecule has 0 bridgehead atoms. The molecule has 0 aliphatic heterocycles. The van der Waals surface area contributed by atoms with E-state index in [1.807, 2.05) is 0 Å². The van der Waals surface area contributed by atoms with Gasteiger partial charge in [0.05, 0.1) is 5.56 Å². The van der Waals surface area contributed by atoms with Crippen molar-refractivity contribution in [1.82, 2.24) is 0 Å². The Balaban J connectivity index is 3.36. The summed E-state index contributed by atoms with van der Waals surface area (Å²) in [5.74, 6) is -4.63. The van der Waals surface area contributed by atoms with Gasteiger partial charge in [-0.15, -0.1) is 0 Å². The van der Waals surface area contributed by atoms with Crippen LogP contribution in [0.25, 0.3) is 6.08 Å². The second-order valence-electron chi connectivity index (χ2n) is 3.02. The van der Waals surface area contributed by atoms with E-state index in [2.05, 4.69) is 0 Å². The summed E-state index contributed by atoms with van der Waals surface area (Å²) in [6.07, 6.45) is -3.94. The molecule has 7 heteroatoms. The number of halogens is 5. The number of hydrogen-bond acceptors (Lipinski definition) is 1. The number of carboxylic acids is 1. The third-order valence-electron chi connectivity index (χ3n) is 1.80. The van der Waals surface area contributed by atoms with Gasteiger partial charge in [0.1, 0.15) is 0 Å². The van der Waals surface area contributed by atoms with Crippen LogP contribution in [0.2, 0.25) is 0 Å². The van der Waals surface area contributed by atoms with Gasteiger partial charge >= 0.3 is 12.1 Å². The van der Waals surface area contributed by atoms with E-state index >= 15 is 0 Å². The SMILES string of the molecule is O=C(O)/C=C/c1cc(F)c(F)cc1C(F)(F)F. The van der Waals surface area contributed by atoms with Gasteiger partial charge in [-0.2, -0.15) is 13.2 Å². The van der Waals surface area contributed by atoms with E-state index < -0.39 is 34.9 Å². The molecular weight excluding hydrogens is 247 g/mol. The molecule has 0 saturated heterocycles. The molecule has 0 aliphatic carbocycles. The van der Waals surface area contributed by atoms with Crippen molar-refractivity contribution >= 4 is 12.0 Å². The summed E-state index contributed by atoms with van der Waals surface area (Å²) in [6.45, 7) is 0. The number of rotatable bonds is 2. The molecule has 0 aliphatic rings. The van der Waals surface area contributed by atoms with Crippen LogP contribution in [-0.4, -0.2) is 11.1 Å². The van der Waals surface area contributed by atoms with Gasteiger partial charge in [0, 0.05) is 6.08 Å². The zero-order valence-corrected chi connectivity index (χ0v) is 8.05.